The summed E-state index contributed by atoms with van der Waals surface area (Å²) in [5.74, 6) is -1.48. The fourth-order valence-corrected chi connectivity index (χ4v) is 3.54. The molecule has 0 bridgehead atoms. The first-order valence-corrected chi connectivity index (χ1v) is 10.8. The minimum Gasteiger partial charge on any atom is -0.481 e. The number of carbonyl (C=O) groups excluding carboxylic acids is 2. The smallest absolute Gasteiger partial charge is 0.303 e. The number of rotatable bonds is 11. The molecule has 2 aromatic rings. The second-order valence-corrected chi connectivity index (χ2v) is 9.23. The van der Waals surface area contributed by atoms with E-state index in [1.165, 1.54) is 0 Å². The molecule has 0 saturated carbocycles. The minimum atomic E-state index is -0.885. The van der Waals surface area contributed by atoms with Gasteiger partial charge in [0.1, 0.15) is 5.78 Å². The largest absolute Gasteiger partial charge is 0.481 e. The Kier molecular flexibility index (Phi) is 8.98. The highest BCUT2D eigenvalue weighted by Gasteiger charge is 2.25. The lowest BCUT2D eigenvalue weighted by atomic mass is 9.85. The molecule has 5 heteroatoms. The summed E-state index contributed by atoms with van der Waals surface area (Å²) in [6.45, 7) is 6.32. The Labute approximate surface area is 184 Å². The van der Waals surface area contributed by atoms with Crippen molar-refractivity contribution in [1.82, 2.24) is 5.32 Å². The second kappa shape index (κ2) is 11.4. The van der Waals surface area contributed by atoms with Crippen LogP contribution in [0.1, 0.15) is 52.0 Å². The first-order chi connectivity index (χ1) is 14.6. The molecular weight excluding hydrogens is 390 g/mol. The number of amides is 1. The van der Waals surface area contributed by atoms with E-state index in [9.17, 15) is 14.4 Å². The summed E-state index contributed by atoms with van der Waals surface area (Å²) in [6.07, 6.45) is 1.45. The van der Waals surface area contributed by atoms with E-state index in [2.05, 4.69) is 5.32 Å². The first-order valence-electron chi connectivity index (χ1n) is 10.8. The monoisotopic (exact) mass is 423 g/mol. The fourth-order valence-electron chi connectivity index (χ4n) is 3.54. The molecule has 0 aromatic heterocycles. The number of nitrogens with one attached hydrogen (secondary N) is 1. The van der Waals surface area contributed by atoms with Gasteiger partial charge in [0.25, 0.3) is 0 Å². The van der Waals surface area contributed by atoms with Gasteiger partial charge in [0.15, 0.2) is 0 Å². The average molecular weight is 424 g/mol. The van der Waals surface area contributed by atoms with Crippen LogP contribution in [0.4, 0.5) is 0 Å². The molecule has 0 saturated heterocycles. The Bertz CT molecular complexity index is 867. The summed E-state index contributed by atoms with van der Waals surface area (Å²) >= 11 is 0. The predicted octanol–water partition coefficient (Wildman–Crippen LogP) is 4.89. The van der Waals surface area contributed by atoms with Crippen LogP contribution < -0.4 is 5.32 Å². The summed E-state index contributed by atoms with van der Waals surface area (Å²) in [4.78, 5) is 36.0. The average Bonchev–Trinajstić information content (AvgIpc) is 2.70. The zero-order valence-corrected chi connectivity index (χ0v) is 18.7. The van der Waals surface area contributed by atoms with Crippen molar-refractivity contribution in [3.8, 4) is 11.1 Å². The van der Waals surface area contributed by atoms with Gasteiger partial charge in [0.2, 0.25) is 5.91 Å². The Morgan fingerprint density at radius 2 is 1.55 bits per heavy atom. The standard InChI is InChI=1S/C26H33NO4/c1-26(2,3)18-23(28)17-22(25(31)27-15-7-10-24(29)30)16-19-11-13-21(14-12-19)20-8-5-4-6-9-20/h4-6,8-9,11-14,22H,7,10,15-18H2,1-3H3,(H,27,31)(H,29,30)/t22-/m1/s1. The molecule has 31 heavy (non-hydrogen) atoms. The van der Waals surface area contributed by atoms with E-state index < -0.39 is 11.9 Å². The van der Waals surface area contributed by atoms with Crippen LogP contribution in [0.5, 0.6) is 0 Å². The molecule has 5 nitrogen and oxygen atoms in total. The Balaban J connectivity index is 2.06. The van der Waals surface area contributed by atoms with Crippen molar-refractivity contribution in [3.05, 3.63) is 60.2 Å². The van der Waals surface area contributed by atoms with Crippen LogP contribution in [0, 0.1) is 11.3 Å². The van der Waals surface area contributed by atoms with Crippen molar-refractivity contribution in [2.75, 3.05) is 6.54 Å². The highest BCUT2D eigenvalue weighted by Crippen LogP contribution is 2.24. The second-order valence-electron chi connectivity index (χ2n) is 9.23. The van der Waals surface area contributed by atoms with Gasteiger partial charge in [-0.15, -0.1) is 0 Å². The van der Waals surface area contributed by atoms with E-state index in [0.29, 0.717) is 25.8 Å². The van der Waals surface area contributed by atoms with Crippen molar-refractivity contribution < 1.29 is 19.5 Å². The molecule has 2 rings (SSSR count). The third-order valence-corrected chi connectivity index (χ3v) is 4.98. The molecule has 2 N–H and O–H groups in total. The number of hydrogen-bond donors (Lipinski definition) is 2. The van der Waals surface area contributed by atoms with Gasteiger partial charge in [-0.1, -0.05) is 75.4 Å². The molecule has 0 aliphatic heterocycles. The van der Waals surface area contributed by atoms with Crippen LogP contribution in [-0.2, 0) is 20.8 Å². The molecule has 1 atom stereocenters. The summed E-state index contributed by atoms with van der Waals surface area (Å²) in [7, 11) is 0. The van der Waals surface area contributed by atoms with Crippen LogP contribution in [0.3, 0.4) is 0 Å². The van der Waals surface area contributed by atoms with Gasteiger partial charge in [-0.05, 0) is 34.9 Å². The van der Waals surface area contributed by atoms with Crippen molar-refractivity contribution >= 4 is 17.7 Å². The number of aliphatic carboxylic acids is 1. The highest BCUT2D eigenvalue weighted by molar-refractivity contribution is 5.87. The fraction of sp³-hybridized carbons (Fsp3) is 0.423. The number of hydrogen-bond acceptors (Lipinski definition) is 3. The molecule has 1 amide bonds. The molecule has 0 aliphatic rings. The minimum absolute atomic E-state index is 0.00878. The Morgan fingerprint density at radius 1 is 0.935 bits per heavy atom. The van der Waals surface area contributed by atoms with Crippen molar-refractivity contribution in [3.63, 3.8) is 0 Å². The van der Waals surface area contributed by atoms with Crippen LogP contribution in [0.2, 0.25) is 0 Å². The highest BCUT2D eigenvalue weighted by atomic mass is 16.4. The lowest BCUT2D eigenvalue weighted by Crippen LogP contribution is -2.34. The zero-order chi connectivity index (χ0) is 22.9. The van der Waals surface area contributed by atoms with Crippen LogP contribution in [0.15, 0.2) is 54.6 Å². The third-order valence-electron chi connectivity index (χ3n) is 4.98. The van der Waals surface area contributed by atoms with Crippen LogP contribution in [0.25, 0.3) is 11.1 Å². The van der Waals surface area contributed by atoms with E-state index in [1.807, 2.05) is 75.4 Å². The van der Waals surface area contributed by atoms with Gasteiger partial charge in [-0.2, -0.15) is 0 Å². The molecule has 2 aromatic carbocycles. The molecule has 0 spiro atoms. The molecule has 166 valence electrons. The predicted molar refractivity (Wildman–Crippen MR) is 123 cm³/mol. The summed E-state index contributed by atoms with van der Waals surface area (Å²) in [6, 6.07) is 18.1. The maximum absolute atomic E-state index is 12.8. The molecule has 0 unspecified atom stereocenters. The van der Waals surface area contributed by atoms with Crippen LogP contribution >= 0.6 is 0 Å². The SMILES string of the molecule is CC(C)(C)CC(=O)C[C@@H](Cc1ccc(-c2ccccc2)cc1)C(=O)NCCCC(=O)O. The molecule has 0 fully saturated rings. The van der Waals surface area contributed by atoms with Gasteiger partial charge in [-0.3, -0.25) is 14.4 Å². The molecule has 0 heterocycles. The lowest BCUT2D eigenvalue weighted by Gasteiger charge is -2.20. The maximum Gasteiger partial charge on any atom is 0.303 e. The van der Waals surface area contributed by atoms with Gasteiger partial charge >= 0.3 is 5.97 Å². The maximum atomic E-state index is 12.8. The summed E-state index contributed by atoms with van der Waals surface area (Å²) in [5, 5.41) is 11.6. The van der Waals surface area contributed by atoms with E-state index >= 15 is 0 Å². The van der Waals surface area contributed by atoms with E-state index in [1.54, 1.807) is 0 Å². The number of carbonyl (C=O) groups is 3. The van der Waals surface area contributed by atoms with Crippen LogP contribution in [-0.4, -0.2) is 29.3 Å². The Morgan fingerprint density at radius 3 is 2.13 bits per heavy atom. The normalized spacial score (nSPS) is 12.2. The number of carboxylic acids is 1. The van der Waals surface area contributed by atoms with Gasteiger partial charge in [0, 0.05) is 31.7 Å². The number of benzene rings is 2. The van der Waals surface area contributed by atoms with Crippen molar-refractivity contribution in [2.24, 2.45) is 11.3 Å². The third kappa shape index (κ3) is 9.16. The molecule has 0 aliphatic carbocycles. The quantitative estimate of drug-likeness (QED) is 0.504. The van der Waals surface area contributed by atoms with Crippen molar-refractivity contribution in [1.29, 1.82) is 0 Å². The molecule has 0 radical (unpaired) electrons. The lowest BCUT2D eigenvalue weighted by molar-refractivity contribution is -0.137. The summed E-state index contributed by atoms with van der Waals surface area (Å²) in [5.41, 5.74) is 3.09. The Hall–Kier alpha value is -2.95. The number of ketones is 1. The van der Waals surface area contributed by atoms with Gasteiger partial charge in [0.05, 0.1) is 0 Å². The van der Waals surface area contributed by atoms with Gasteiger partial charge in [-0.25, -0.2) is 0 Å². The topological polar surface area (TPSA) is 83.5 Å². The summed E-state index contributed by atoms with van der Waals surface area (Å²) < 4.78 is 0. The van der Waals surface area contributed by atoms with E-state index in [0.717, 1.165) is 16.7 Å². The van der Waals surface area contributed by atoms with Gasteiger partial charge < -0.3 is 10.4 Å². The van der Waals surface area contributed by atoms with E-state index in [-0.39, 0.29) is 29.9 Å². The zero-order valence-electron chi connectivity index (χ0n) is 18.7. The first kappa shape index (κ1) is 24.3. The molecular formula is C26H33NO4. The van der Waals surface area contributed by atoms with Crippen molar-refractivity contribution in [2.45, 2.75) is 52.9 Å². The van der Waals surface area contributed by atoms with E-state index in [4.69, 9.17) is 5.11 Å². The number of carboxylic acid groups (broad SMARTS) is 1. The number of Topliss-reactive ketones (excluding diaryl/α,β-unsaturated/α-hetero) is 1.